The first-order valence-electron chi connectivity index (χ1n) is 9.97. The Morgan fingerprint density at radius 2 is 2.00 bits per heavy atom. The summed E-state index contributed by atoms with van der Waals surface area (Å²) in [6, 6.07) is 1.61. The third-order valence-corrected chi connectivity index (χ3v) is 5.55. The number of phenols is 1. The minimum absolute atomic E-state index is 0.0800. The van der Waals surface area contributed by atoms with Crippen LogP contribution in [0.5, 0.6) is 5.75 Å². The lowest BCUT2D eigenvalue weighted by Crippen LogP contribution is -2.47. The second kappa shape index (κ2) is 7.96. The van der Waals surface area contributed by atoms with E-state index in [-0.39, 0.29) is 29.1 Å². The van der Waals surface area contributed by atoms with Gasteiger partial charge in [-0.3, -0.25) is 9.59 Å². The van der Waals surface area contributed by atoms with Gasteiger partial charge in [-0.25, -0.2) is 0 Å². The fraction of sp³-hybridized carbons (Fsp3) is 0.455. The Morgan fingerprint density at radius 3 is 2.70 bits per heavy atom. The monoisotopic (exact) mass is 416 g/mol. The van der Waals surface area contributed by atoms with E-state index in [1.807, 2.05) is 6.92 Å². The van der Waals surface area contributed by atoms with Crippen molar-refractivity contribution in [3.8, 4) is 5.75 Å². The smallest absolute Gasteiger partial charge is 0.198 e. The van der Waals surface area contributed by atoms with Crippen molar-refractivity contribution >= 4 is 17.6 Å². The van der Waals surface area contributed by atoms with Gasteiger partial charge in [-0.2, -0.15) is 0 Å². The minimum atomic E-state index is -1.23. The number of fused-ring (bicyclic) bond motifs is 2. The fourth-order valence-corrected chi connectivity index (χ4v) is 4.10. The third kappa shape index (κ3) is 3.35. The van der Waals surface area contributed by atoms with Crippen molar-refractivity contribution in [3.05, 3.63) is 45.7 Å². The highest BCUT2D eigenvalue weighted by molar-refractivity contribution is 6.26. The number of allylic oxidation sites excluding steroid dienone is 2. The van der Waals surface area contributed by atoms with Crippen LogP contribution in [0.1, 0.15) is 64.6 Å². The molecule has 4 atom stereocenters. The molecule has 1 aromatic rings. The summed E-state index contributed by atoms with van der Waals surface area (Å²) in [4.78, 5) is 26.1. The zero-order valence-corrected chi connectivity index (χ0v) is 16.8. The van der Waals surface area contributed by atoms with Crippen LogP contribution in [0.15, 0.2) is 23.5 Å². The first-order valence-corrected chi connectivity index (χ1v) is 9.97. The molecule has 2 unspecified atom stereocenters. The Bertz CT molecular complexity index is 960. The molecule has 160 valence electrons. The lowest BCUT2D eigenvalue weighted by Gasteiger charge is -2.35. The van der Waals surface area contributed by atoms with Gasteiger partial charge in [0.15, 0.2) is 17.9 Å². The van der Waals surface area contributed by atoms with Gasteiger partial charge in [-0.05, 0) is 37.1 Å². The molecule has 1 aliphatic carbocycles. The van der Waals surface area contributed by atoms with Crippen LogP contribution in [0.3, 0.4) is 0 Å². The molecular formula is C22H24O8. The molecule has 0 bridgehead atoms. The number of hydrogen-bond acceptors (Lipinski definition) is 8. The van der Waals surface area contributed by atoms with Crippen molar-refractivity contribution < 1.29 is 39.1 Å². The Balaban J connectivity index is 1.77. The van der Waals surface area contributed by atoms with Gasteiger partial charge in [0.05, 0.1) is 30.1 Å². The molecule has 0 spiro atoms. The Kier molecular flexibility index (Phi) is 5.50. The molecule has 0 saturated carbocycles. The van der Waals surface area contributed by atoms with Crippen molar-refractivity contribution in [2.75, 3.05) is 13.2 Å². The lowest BCUT2D eigenvalue weighted by molar-refractivity contribution is -0.241. The lowest BCUT2D eigenvalue weighted by atomic mass is 9.82. The van der Waals surface area contributed by atoms with Crippen LogP contribution in [0.4, 0.5) is 0 Å². The average molecular weight is 416 g/mol. The highest BCUT2D eigenvalue weighted by Crippen LogP contribution is 2.44. The summed E-state index contributed by atoms with van der Waals surface area (Å²) in [6.45, 7) is 3.17. The van der Waals surface area contributed by atoms with Crippen LogP contribution < -0.4 is 0 Å². The van der Waals surface area contributed by atoms with E-state index in [0.29, 0.717) is 23.3 Å². The maximum atomic E-state index is 13.3. The largest absolute Gasteiger partial charge is 0.507 e. The highest BCUT2D eigenvalue weighted by atomic mass is 16.7. The van der Waals surface area contributed by atoms with Gasteiger partial charge in [0.1, 0.15) is 24.1 Å². The molecule has 30 heavy (non-hydrogen) atoms. The number of Topliss-reactive ketones (excluding diaryl/α,β-unsaturated/α-hetero) is 1. The molecule has 8 nitrogen and oxygen atoms in total. The van der Waals surface area contributed by atoms with E-state index < -0.39 is 42.8 Å². The summed E-state index contributed by atoms with van der Waals surface area (Å²) in [5.41, 5.74) is 1.06. The predicted octanol–water partition coefficient (Wildman–Crippen LogP) is 2.02. The van der Waals surface area contributed by atoms with E-state index in [1.54, 1.807) is 19.1 Å². The number of carbonyl (C=O) groups excluding carboxylic acids is 2. The van der Waals surface area contributed by atoms with Crippen molar-refractivity contribution in [3.63, 3.8) is 0 Å². The fourth-order valence-electron chi connectivity index (χ4n) is 4.10. The Labute approximate surface area is 173 Å². The van der Waals surface area contributed by atoms with Crippen LogP contribution >= 0.6 is 0 Å². The molecule has 0 radical (unpaired) electrons. The van der Waals surface area contributed by atoms with Crippen LogP contribution in [-0.4, -0.2) is 58.6 Å². The topological polar surface area (TPSA) is 123 Å². The molecule has 3 aliphatic rings. The summed E-state index contributed by atoms with van der Waals surface area (Å²) < 4.78 is 16.7. The maximum Gasteiger partial charge on any atom is 0.198 e. The number of carbonyl (C=O) groups is 2. The number of phenolic OH excluding ortho intramolecular Hbond substituents is 1. The number of ketones is 2. The van der Waals surface area contributed by atoms with Gasteiger partial charge < -0.3 is 29.5 Å². The summed E-state index contributed by atoms with van der Waals surface area (Å²) in [5, 5.41) is 30.2. The van der Waals surface area contributed by atoms with Crippen LogP contribution in [0.25, 0.3) is 6.08 Å². The third-order valence-electron chi connectivity index (χ3n) is 5.55. The van der Waals surface area contributed by atoms with Gasteiger partial charge in [-0.1, -0.05) is 13.3 Å². The number of aliphatic hydroxyl groups excluding tert-OH is 2. The number of rotatable bonds is 4. The molecule has 4 rings (SSSR count). The molecule has 1 aromatic carbocycles. The van der Waals surface area contributed by atoms with E-state index in [4.69, 9.17) is 14.2 Å². The number of ether oxygens (including phenoxy) is 3. The first-order chi connectivity index (χ1) is 14.3. The molecule has 8 heteroatoms. The van der Waals surface area contributed by atoms with Crippen molar-refractivity contribution in [2.45, 2.75) is 51.3 Å². The SMILES string of the molecule is CCCC1OC(C)=Cc2cc3c(c(O)c21)C(=O)C(C1OC[C@@H](O)[C@H](CO)O1)=CC3=O. The highest BCUT2D eigenvalue weighted by Gasteiger charge is 2.40. The molecule has 0 aromatic heterocycles. The first kappa shape index (κ1) is 20.7. The van der Waals surface area contributed by atoms with Gasteiger partial charge in [-0.15, -0.1) is 0 Å². The second-order valence-corrected chi connectivity index (χ2v) is 7.68. The zero-order chi connectivity index (χ0) is 21.6. The number of hydrogen-bond donors (Lipinski definition) is 3. The zero-order valence-electron chi connectivity index (χ0n) is 16.8. The standard InChI is InChI=1S/C22H24O8/c1-3-4-16-18-11(5-10(2)29-16)6-12-14(24)7-13(20(26)19(12)21(18)27)22-28-9-15(25)17(8-23)30-22/h5-7,15-17,22-23,25,27H,3-4,8-9H2,1-2H3/t15-,16?,17+,22?/m1/s1. The van der Waals surface area contributed by atoms with Gasteiger partial charge >= 0.3 is 0 Å². The van der Waals surface area contributed by atoms with Crippen molar-refractivity contribution in [1.29, 1.82) is 0 Å². The van der Waals surface area contributed by atoms with Crippen LogP contribution in [0.2, 0.25) is 0 Å². The quantitative estimate of drug-likeness (QED) is 0.681. The van der Waals surface area contributed by atoms with E-state index in [9.17, 15) is 24.9 Å². The number of benzene rings is 1. The van der Waals surface area contributed by atoms with Gasteiger partial charge in [0, 0.05) is 11.1 Å². The second-order valence-electron chi connectivity index (χ2n) is 7.68. The molecular weight excluding hydrogens is 392 g/mol. The molecule has 1 saturated heterocycles. The summed E-state index contributed by atoms with van der Waals surface area (Å²) in [5.74, 6) is -0.655. The molecule has 3 N–H and O–H groups in total. The molecule has 2 heterocycles. The summed E-state index contributed by atoms with van der Waals surface area (Å²) >= 11 is 0. The molecule has 0 amide bonds. The Hall–Kier alpha value is -2.52. The van der Waals surface area contributed by atoms with Crippen molar-refractivity contribution in [2.24, 2.45) is 0 Å². The predicted molar refractivity (Wildman–Crippen MR) is 105 cm³/mol. The maximum absolute atomic E-state index is 13.3. The number of aromatic hydroxyl groups is 1. The minimum Gasteiger partial charge on any atom is -0.507 e. The van der Waals surface area contributed by atoms with E-state index in [1.165, 1.54) is 0 Å². The summed E-state index contributed by atoms with van der Waals surface area (Å²) in [7, 11) is 0. The summed E-state index contributed by atoms with van der Waals surface area (Å²) in [6.07, 6.45) is 0.675. The van der Waals surface area contributed by atoms with E-state index >= 15 is 0 Å². The van der Waals surface area contributed by atoms with Gasteiger partial charge in [0.2, 0.25) is 0 Å². The molecule has 1 fully saturated rings. The number of aliphatic hydroxyl groups is 2. The van der Waals surface area contributed by atoms with Gasteiger partial charge in [0.25, 0.3) is 0 Å². The van der Waals surface area contributed by atoms with Crippen molar-refractivity contribution in [1.82, 2.24) is 0 Å². The normalized spacial score (nSPS) is 28.3. The molecule has 2 aliphatic heterocycles. The van der Waals surface area contributed by atoms with E-state index in [2.05, 4.69) is 0 Å². The van der Waals surface area contributed by atoms with Crippen LogP contribution in [-0.2, 0) is 14.2 Å². The Morgan fingerprint density at radius 1 is 1.23 bits per heavy atom. The van der Waals surface area contributed by atoms with E-state index in [0.717, 1.165) is 12.5 Å². The van der Waals surface area contributed by atoms with Crippen LogP contribution in [0, 0.1) is 0 Å². The average Bonchev–Trinajstić information content (AvgIpc) is 2.70.